The molecule has 1 aliphatic rings. The molecule has 1 aromatic heterocycles. The number of hydrogen-bond acceptors (Lipinski definition) is 3. The molecule has 1 saturated heterocycles. The van der Waals surface area contributed by atoms with E-state index in [0.717, 1.165) is 10.9 Å². The molecule has 2 heterocycles. The van der Waals surface area contributed by atoms with Crippen LogP contribution in [-0.2, 0) is 0 Å². The van der Waals surface area contributed by atoms with E-state index in [1.807, 2.05) is 29.2 Å². The Kier molecular flexibility index (Phi) is 4.81. The lowest BCUT2D eigenvalue weighted by Gasteiger charge is -2.36. The van der Waals surface area contributed by atoms with Crippen LogP contribution >= 0.6 is 11.6 Å². The van der Waals surface area contributed by atoms with E-state index in [9.17, 15) is 14.0 Å². The molecule has 0 aliphatic carbocycles. The summed E-state index contributed by atoms with van der Waals surface area (Å²) in [6, 6.07) is 12.0. The number of ketones is 1. The Hall–Kier alpha value is -2.86. The van der Waals surface area contributed by atoms with Crippen molar-refractivity contribution in [2.24, 2.45) is 0 Å². The predicted molar refractivity (Wildman–Crippen MR) is 108 cm³/mol. The first-order valence-corrected chi connectivity index (χ1v) is 9.44. The smallest absolute Gasteiger partial charge is 0.271 e. The second kappa shape index (κ2) is 7.28. The normalized spacial score (nSPS) is 14.5. The number of carbonyl (C=O) groups is 2. The summed E-state index contributed by atoms with van der Waals surface area (Å²) in [6.45, 7) is 3.32. The van der Waals surface area contributed by atoms with E-state index in [1.165, 1.54) is 13.0 Å². The summed E-state index contributed by atoms with van der Waals surface area (Å²) in [5.41, 5.74) is 2.00. The summed E-state index contributed by atoms with van der Waals surface area (Å²) >= 11 is 6.39. The number of amides is 1. The van der Waals surface area contributed by atoms with Crippen LogP contribution in [0, 0.1) is 5.82 Å². The van der Waals surface area contributed by atoms with Crippen molar-refractivity contribution in [2.75, 3.05) is 31.1 Å². The number of anilines is 1. The van der Waals surface area contributed by atoms with Gasteiger partial charge >= 0.3 is 0 Å². The molecule has 2 aromatic carbocycles. The number of nitrogens with one attached hydrogen (secondary N) is 1. The van der Waals surface area contributed by atoms with E-state index in [0.29, 0.717) is 48.1 Å². The topological polar surface area (TPSA) is 56.4 Å². The predicted octanol–water partition coefficient (Wildman–Crippen LogP) is 4.13. The van der Waals surface area contributed by atoms with Crippen molar-refractivity contribution in [1.29, 1.82) is 0 Å². The Balaban J connectivity index is 1.48. The number of H-pyrrole nitrogens is 1. The van der Waals surface area contributed by atoms with Gasteiger partial charge in [-0.2, -0.15) is 0 Å². The second-order valence-electron chi connectivity index (χ2n) is 6.86. The van der Waals surface area contributed by atoms with Gasteiger partial charge in [0, 0.05) is 42.6 Å². The number of aromatic nitrogens is 1. The highest BCUT2D eigenvalue weighted by molar-refractivity contribution is 6.38. The first kappa shape index (κ1) is 18.5. The Morgan fingerprint density at radius 3 is 2.43 bits per heavy atom. The van der Waals surface area contributed by atoms with Crippen LogP contribution < -0.4 is 4.90 Å². The summed E-state index contributed by atoms with van der Waals surface area (Å²) in [5.74, 6) is -0.754. The van der Waals surface area contributed by atoms with E-state index in [-0.39, 0.29) is 11.7 Å². The second-order valence-corrected chi connectivity index (χ2v) is 7.24. The van der Waals surface area contributed by atoms with Gasteiger partial charge in [-0.1, -0.05) is 29.8 Å². The molecule has 0 unspecified atom stereocenters. The summed E-state index contributed by atoms with van der Waals surface area (Å²) < 4.78 is 14.4. The average Bonchev–Trinajstić information content (AvgIpc) is 3.04. The Morgan fingerprint density at radius 2 is 1.79 bits per heavy atom. The van der Waals surface area contributed by atoms with E-state index in [2.05, 4.69) is 4.98 Å². The van der Waals surface area contributed by atoms with E-state index >= 15 is 0 Å². The van der Waals surface area contributed by atoms with Crippen LogP contribution in [0.5, 0.6) is 0 Å². The first-order valence-electron chi connectivity index (χ1n) is 9.06. The van der Waals surface area contributed by atoms with Crippen molar-refractivity contribution in [3.05, 3.63) is 64.6 Å². The minimum absolute atomic E-state index is 0.159. The zero-order valence-electron chi connectivity index (χ0n) is 15.3. The SMILES string of the molecule is CC(=O)c1ccc(N2CCN(C(=O)c3[nH]c4ccccc4c3Cl)CC2)c(F)c1. The monoisotopic (exact) mass is 399 g/mol. The molecule has 0 bridgehead atoms. The fraction of sp³-hybridized carbons (Fsp3) is 0.238. The highest BCUT2D eigenvalue weighted by Gasteiger charge is 2.26. The zero-order valence-corrected chi connectivity index (χ0v) is 16.1. The van der Waals surface area contributed by atoms with E-state index in [4.69, 9.17) is 11.6 Å². The molecule has 7 heteroatoms. The Labute approximate surface area is 166 Å². The number of carbonyl (C=O) groups excluding carboxylic acids is 2. The van der Waals surface area contributed by atoms with Crippen molar-refractivity contribution in [3.63, 3.8) is 0 Å². The quantitative estimate of drug-likeness (QED) is 0.674. The number of fused-ring (bicyclic) bond motifs is 1. The van der Waals surface area contributed by atoms with Crippen LogP contribution in [0.3, 0.4) is 0 Å². The third-order valence-electron chi connectivity index (χ3n) is 5.12. The minimum Gasteiger partial charge on any atom is -0.366 e. The molecule has 144 valence electrons. The largest absolute Gasteiger partial charge is 0.366 e. The number of piperazine rings is 1. The van der Waals surface area contributed by atoms with Gasteiger partial charge in [0.2, 0.25) is 0 Å². The summed E-state index contributed by atoms with van der Waals surface area (Å²) in [5, 5.41) is 1.24. The lowest BCUT2D eigenvalue weighted by atomic mass is 10.1. The van der Waals surface area contributed by atoms with Gasteiger partial charge in [0.05, 0.1) is 10.7 Å². The molecule has 1 aliphatic heterocycles. The molecular formula is C21H19ClFN3O2. The fourth-order valence-electron chi connectivity index (χ4n) is 3.55. The number of halogens is 2. The number of hydrogen-bond donors (Lipinski definition) is 1. The van der Waals surface area contributed by atoms with E-state index in [1.54, 1.807) is 17.0 Å². The van der Waals surface area contributed by atoms with Gasteiger partial charge in [-0.15, -0.1) is 0 Å². The van der Waals surface area contributed by atoms with Crippen molar-refractivity contribution in [2.45, 2.75) is 6.92 Å². The maximum atomic E-state index is 14.4. The van der Waals surface area contributed by atoms with Crippen molar-refractivity contribution < 1.29 is 14.0 Å². The molecule has 28 heavy (non-hydrogen) atoms. The zero-order chi connectivity index (χ0) is 19.8. The molecule has 3 aromatic rings. The number of nitrogens with zero attached hydrogens (tertiary/aromatic N) is 2. The van der Waals surface area contributed by atoms with Crippen LogP contribution in [0.4, 0.5) is 10.1 Å². The standard InChI is InChI=1S/C21H19ClFN3O2/c1-13(27)14-6-7-18(16(23)12-14)25-8-10-26(11-9-25)21(28)20-19(22)15-4-2-3-5-17(15)24-20/h2-7,12,24H,8-11H2,1H3. The molecule has 4 rings (SSSR count). The number of rotatable bonds is 3. The van der Waals surface area contributed by atoms with Crippen molar-refractivity contribution in [1.82, 2.24) is 9.88 Å². The molecule has 1 fully saturated rings. The molecule has 1 amide bonds. The third-order valence-corrected chi connectivity index (χ3v) is 5.51. The first-order chi connectivity index (χ1) is 13.5. The molecule has 5 nitrogen and oxygen atoms in total. The van der Waals surface area contributed by atoms with E-state index < -0.39 is 5.82 Å². The molecule has 0 radical (unpaired) electrons. The van der Waals surface area contributed by atoms with Gasteiger partial charge in [0.1, 0.15) is 11.5 Å². The van der Waals surface area contributed by atoms with Crippen LogP contribution in [0.15, 0.2) is 42.5 Å². The van der Waals surface area contributed by atoms with Crippen LogP contribution in [0.1, 0.15) is 27.8 Å². The van der Waals surface area contributed by atoms with Gasteiger partial charge in [0.25, 0.3) is 5.91 Å². The fourth-order valence-corrected chi connectivity index (χ4v) is 3.84. The van der Waals surface area contributed by atoms with Crippen LogP contribution in [-0.4, -0.2) is 47.8 Å². The highest BCUT2D eigenvalue weighted by Crippen LogP contribution is 2.29. The van der Waals surface area contributed by atoms with Gasteiger partial charge in [-0.3, -0.25) is 9.59 Å². The average molecular weight is 400 g/mol. The molecule has 0 spiro atoms. The van der Waals surface area contributed by atoms with Crippen molar-refractivity contribution in [3.8, 4) is 0 Å². The number of aromatic amines is 1. The third kappa shape index (κ3) is 3.24. The maximum absolute atomic E-state index is 14.4. The lowest BCUT2D eigenvalue weighted by Crippen LogP contribution is -2.49. The van der Waals surface area contributed by atoms with Gasteiger partial charge < -0.3 is 14.8 Å². The molecule has 0 atom stereocenters. The summed E-state index contributed by atoms with van der Waals surface area (Å²) in [4.78, 5) is 31.0. The van der Waals surface area contributed by atoms with Gasteiger partial charge in [-0.05, 0) is 31.2 Å². The molecular weight excluding hydrogens is 381 g/mol. The minimum atomic E-state index is -0.425. The van der Waals surface area contributed by atoms with Crippen LogP contribution in [0.25, 0.3) is 10.9 Å². The molecule has 0 saturated carbocycles. The van der Waals surface area contributed by atoms with Crippen molar-refractivity contribution >= 4 is 39.9 Å². The van der Waals surface area contributed by atoms with Gasteiger partial charge in [0.15, 0.2) is 5.78 Å². The summed E-state index contributed by atoms with van der Waals surface area (Å²) in [7, 11) is 0. The number of benzene rings is 2. The lowest BCUT2D eigenvalue weighted by molar-refractivity contribution is 0.0741. The highest BCUT2D eigenvalue weighted by atomic mass is 35.5. The number of para-hydroxylation sites is 1. The maximum Gasteiger partial charge on any atom is 0.271 e. The van der Waals surface area contributed by atoms with Crippen LogP contribution in [0.2, 0.25) is 5.02 Å². The molecule has 1 N–H and O–H groups in total. The summed E-state index contributed by atoms with van der Waals surface area (Å²) in [6.07, 6.45) is 0. The Morgan fingerprint density at radius 1 is 1.07 bits per heavy atom. The number of Topliss-reactive ketones (excluding diaryl/α,β-unsaturated/α-hetero) is 1. The van der Waals surface area contributed by atoms with Gasteiger partial charge in [-0.25, -0.2) is 4.39 Å². The Bertz CT molecular complexity index is 1070.